The van der Waals surface area contributed by atoms with E-state index in [2.05, 4.69) is 26.8 Å². The second kappa shape index (κ2) is 5.98. The van der Waals surface area contributed by atoms with Crippen molar-refractivity contribution < 1.29 is 10.2 Å². The molecule has 2 heteroatoms. The van der Waals surface area contributed by atoms with Gasteiger partial charge in [-0.3, -0.25) is 0 Å². The average Bonchev–Trinajstić information content (AvgIpc) is 2.46. The first kappa shape index (κ1) is 15.5. The van der Waals surface area contributed by atoms with Crippen LogP contribution in [0.3, 0.4) is 0 Å². The minimum absolute atomic E-state index is 0.117. The largest absolute Gasteiger partial charge is 0.512 e. The maximum absolute atomic E-state index is 10.5. The van der Waals surface area contributed by atoms with Crippen LogP contribution < -0.4 is 0 Å². The molecule has 2 N–H and O–H groups in total. The van der Waals surface area contributed by atoms with Crippen LogP contribution in [0.5, 0.6) is 0 Å². The average molecular weight is 300 g/mol. The molecule has 2 unspecified atom stereocenters. The van der Waals surface area contributed by atoms with Crippen molar-refractivity contribution in [2.75, 3.05) is 0 Å². The van der Waals surface area contributed by atoms with E-state index in [-0.39, 0.29) is 17.6 Å². The van der Waals surface area contributed by atoms with E-state index in [9.17, 15) is 10.2 Å². The molecule has 0 saturated carbocycles. The molecule has 0 aliphatic heterocycles. The summed E-state index contributed by atoms with van der Waals surface area (Å²) < 4.78 is 0. The van der Waals surface area contributed by atoms with Crippen LogP contribution in [0.1, 0.15) is 52.9 Å². The van der Waals surface area contributed by atoms with E-state index in [0.717, 1.165) is 6.42 Å². The number of hydrogen-bond donors (Lipinski definition) is 2. The Morgan fingerprint density at radius 2 is 1.95 bits per heavy atom. The highest BCUT2D eigenvalue weighted by atomic mass is 16.3. The minimum Gasteiger partial charge on any atom is -0.512 e. The number of aliphatic hydroxyl groups is 2. The number of fused-ring (bicyclic) bond motifs is 3. The zero-order valence-electron chi connectivity index (χ0n) is 14.0. The van der Waals surface area contributed by atoms with Crippen molar-refractivity contribution in [3.8, 4) is 0 Å². The summed E-state index contributed by atoms with van der Waals surface area (Å²) in [6.07, 6.45) is 11.7. The molecule has 0 saturated heterocycles. The molecule has 3 aliphatic rings. The lowest BCUT2D eigenvalue weighted by Crippen LogP contribution is -2.39. The van der Waals surface area contributed by atoms with Gasteiger partial charge in [-0.25, -0.2) is 0 Å². The summed E-state index contributed by atoms with van der Waals surface area (Å²) in [5.41, 5.74) is 4.42. The maximum atomic E-state index is 10.5. The Kier molecular flexibility index (Phi) is 4.20. The van der Waals surface area contributed by atoms with Crippen LogP contribution in [0.15, 0.2) is 46.5 Å². The zero-order valence-corrected chi connectivity index (χ0v) is 14.0. The van der Waals surface area contributed by atoms with Gasteiger partial charge in [0, 0.05) is 17.9 Å². The van der Waals surface area contributed by atoms with Gasteiger partial charge in [-0.05, 0) is 57.4 Å². The molecule has 2 nitrogen and oxygen atoms in total. The Hall–Kier alpha value is -1.44. The fourth-order valence-corrected chi connectivity index (χ4v) is 4.72. The topological polar surface area (TPSA) is 40.5 Å². The van der Waals surface area contributed by atoms with E-state index in [1.54, 1.807) is 6.08 Å². The summed E-state index contributed by atoms with van der Waals surface area (Å²) in [5, 5.41) is 20.5. The highest BCUT2D eigenvalue weighted by Gasteiger charge is 2.45. The lowest BCUT2D eigenvalue weighted by molar-refractivity contribution is 0.179. The molecule has 22 heavy (non-hydrogen) atoms. The molecule has 0 aromatic heterocycles. The molecule has 0 aromatic carbocycles. The predicted molar refractivity (Wildman–Crippen MR) is 90.6 cm³/mol. The highest BCUT2D eigenvalue weighted by Crippen LogP contribution is 2.52. The fourth-order valence-electron chi connectivity index (χ4n) is 4.72. The Morgan fingerprint density at radius 1 is 1.18 bits per heavy atom. The molecule has 3 rings (SSSR count). The van der Waals surface area contributed by atoms with Crippen LogP contribution in [-0.2, 0) is 0 Å². The van der Waals surface area contributed by atoms with Gasteiger partial charge in [0.25, 0.3) is 0 Å². The van der Waals surface area contributed by atoms with Gasteiger partial charge in [0.05, 0.1) is 0 Å². The quantitative estimate of drug-likeness (QED) is 0.665. The zero-order chi connectivity index (χ0) is 15.9. The van der Waals surface area contributed by atoms with Crippen LogP contribution in [-0.4, -0.2) is 10.2 Å². The summed E-state index contributed by atoms with van der Waals surface area (Å²) in [6, 6.07) is 0. The Bertz CT molecular complexity index is 577. The molecule has 0 bridgehead atoms. The van der Waals surface area contributed by atoms with Gasteiger partial charge in [-0.15, -0.1) is 0 Å². The summed E-state index contributed by atoms with van der Waals surface area (Å²) in [5.74, 6) is 1.81. The van der Waals surface area contributed by atoms with E-state index < -0.39 is 0 Å². The second-order valence-corrected chi connectivity index (χ2v) is 7.26. The second-order valence-electron chi connectivity index (χ2n) is 7.26. The van der Waals surface area contributed by atoms with Crippen molar-refractivity contribution in [1.82, 2.24) is 0 Å². The summed E-state index contributed by atoms with van der Waals surface area (Å²) >= 11 is 0. The Morgan fingerprint density at radius 3 is 2.68 bits per heavy atom. The van der Waals surface area contributed by atoms with Crippen molar-refractivity contribution in [2.24, 2.45) is 23.7 Å². The minimum atomic E-state index is 0.117. The molecule has 0 aromatic rings. The normalized spacial score (nSPS) is 34.4. The van der Waals surface area contributed by atoms with Crippen LogP contribution in [0.25, 0.3) is 0 Å². The Labute approximate surface area is 133 Å². The number of unbranched alkanes of at least 4 members (excludes halogenated alkanes) is 1. The fraction of sp³-hybridized carbons (Fsp3) is 0.600. The molecule has 0 radical (unpaired) electrons. The van der Waals surface area contributed by atoms with Crippen LogP contribution in [0.2, 0.25) is 0 Å². The van der Waals surface area contributed by atoms with Gasteiger partial charge in [0.1, 0.15) is 11.5 Å². The van der Waals surface area contributed by atoms with Crippen LogP contribution in [0, 0.1) is 23.7 Å². The van der Waals surface area contributed by atoms with Crippen molar-refractivity contribution in [3.63, 3.8) is 0 Å². The number of hydrogen-bond acceptors (Lipinski definition) is 2. The molecule has 0 amide bonds. The molecular weight excluding hydrogens is 272 g/mol. The van der Waals surface area contributed by atoms with E-state index in [4.69, 9.17) is 0 Å². The first-order valence-electron chi connectivity index (χ1n) is 8.71. The van der Waals surface area contributed by atoms with E-state index >= 15 is 0 Å². The van der Waals surface area contributed by atoms with Crippen molar-refractivity contribution >= 4 is 0 Å². The van der Waals surface area contributed by atoms with Gasteiger partial charge in [0.15, 0.2) is 0 Å². The van der Waals surface area contributed by atoms with Crippen molar-refractivity contribution in [2.45, 2.75) is 52.9 Å². The standard InChI is InChI=1S/C20H28O2/c1-4-5-6-15-13(3)16-8-7-12(2)9-17(16)20-18(15)10-14(21)11-19(20)22/h9-11,16-18,20-22H,4-8H2,1-3H3/t16-,17+,18?,20?/m0/s1. The SMILES string of the molecule is CCCCC1=C(C)[C@@H]2CCC(C)=C[C@H]2C2C(O)=CC(O)=CC12. The molecule has 4 atom stereocenters. The number of aliphatic hydroxyl groups excluding tert-OH is 2. The first-order chi connectivity index (χ1) is 10.5. The molecule has 0 spiro atoms. The lowest BCUT2D eigenvalue weighted by Gasteiger charge is -2.46. The van der Waals surface area contributed by atoms with E-state index in [1.165, 1.54) is 42.4 Å². The smallest absolute Gasteiger partial charge is 0.115 e. The highest BCUT2D eigenvalue weighted by molar-refractivity contribution is 5.39. The summed E-state index contributed by atoms with van der Waals surface area (Å²) in [6.45, 7) is 6.71. The molecule has 120 valence electrons. The van der Waals surface area contributed by atoms with Crippen LogP contribution >= 0.6 is 0 Å². The summed E-state index contributed by atoms with van der Waals surface area (Å²) in [7, 11) is 0. The number of allylic oxidation sites excluding steroid dienone is 7. The molecule has 3 aliphatic carbocycles. The number of rotatable bonds is 3. The van der Waals surface area contributed by atoms with Gasteiger partial charge in [0.2, 0.25) is 0 Å². The van der Waals surface area contributed by atoms with E-state index in [1.807, 2.05) is 6.08 Å². The van der Waals surface area contributed by atoms with Crippen molar-refractivity contribution in [1.29, 1.82) is 0 Å². The molecule has 0 fully saturated rings. The van der Waals surface area contributed by atoms with Gasteiger partial charge >= 0.3 is 0 Å². The maximum Gasteiger partial charge on any atom is 0.115 e. The third kappa shape index (κ3) is 2.53. The van der Waals surface area contributed by atoms with Gasteiger partial charge in [-0.2, -0.15) is 0 Å². The van der Waals surface area contributed by atoms with Crippen molar-refractivity contribution in [3.05, 3.63) is 46.5 Å². The Balaban J connectivity index is 2.07. The third-order valence-corrected chi connectivity index (χ3v) is 5.85. The molecular formula is C20H28O2. The van der Waals surface area contributed by atoms with Crippen LogP contribution in [0.4, 0.5) is 0 Å². The monoisotopic (exact) mass is 300 g/mol. The summed E-state index contributed by atoms with van der Waals surface area (Å²) in [4.78, 5) is 0. The van der Waals surface area contributed by atoms with E-state index in [0.29, 0.717) is 17.6 Å². The molecule has 0 heterocycles. The lowest BCUT2D eigenvalue weighted by atomic mass is 9.58. The van der Waals surface area contributed by atoms with Gasteiger partial charge in [-0.1, -0.05) is 36.1 Å². The third-order valence-electron chi connectivity index (χ3n) is 5.85. The first-order valence-corrected chi connectivity index (χ1v) is 8.71. The predicted octanol–water partition coefficient (Wildman–Crippen LogP) is 5.61. The van der Waals surface area contributed by atoms with Gasteiger partial charge < -0.3 is 10.2 Å².